The van der Waals surface area contributed by atoms with Crippen molar-refractivity contribution in [2.45, 2.75) is 38.2 Å². The van der Waals surface area contributed by atoms with Crippen LogP contribution in [-0.2, 0) is 0 Å². The summed E-state index contributed by atoms with van der Waals surface area (Å²) in [5, 5.41) is 0. The second-order valence-electron chi connectivity index (χ2n) is 4.04. The Kier molecular flexibility index (Phi) is 3.84. The monoisotopic (exact) mass is 202 g/mol. The minimum atomic E-state index is 0.271. The van der Waals surface area contributed by atoms with Gasteiger partial charge in [-0.15, -0.1) is 0 Å². The van der Waals surface area contributed by atoms with E-state index in [9.17, 15) is 0 Å². The highest BCUT2D eigenvalue weighted by atomic mass is 16.5. The van der Waals surface area contributed by atoms with Gasteiger partial charge >= 0.3 is 0 Å². The van der Waals surface area contributed by atoms with Crippen LogP contribution in [0, 0.1) is 0 Å². The first-order valence-corrected chi connectivity index (χ1v) is 5.83. The van der Waals surface area contributed by atoms with Gasteiger partial charge in [-0.3, -0.25) is 0 Å². The van der Waals surface area contributed by atoms with E-state index < -0.39 is 0 Å². The Morgan fingerprint density at radius 1 is 1.00 bits per heavy atom. The average molecular weight is 202 g/mol. The standard InChI is InChI=1S/C14H18O/c1-2-5-9-13(10-6-3-1)15-14-11-7-4-8-12-14/h4-5,7-9,11-13H,1-3,6,10H2/b9-5-. The summed E-state index contributed by atoms with van der Waals surface area (Å²) >= 11 is 0. The maximum Gasteiger partial charge on any atom is 0.120 e. The van der Waals surface area contributed by atoms with Crippen molar-refractivity contribution in [3.8, 4) is 5.75 Å². The second kappa shape index (κ2) is 5.59. The predicted molar refractivity (Wildman–Crippen MR) is 63.1 cm³/mol. The van der Waals surface area contributed by atoms with E-state index in [1.165, 1.54) is 25.7 Å². The van der Waals surface area contributed by atoms with Gasteiger partial charge in [0.1, 0.15) is 11.9 Å². The quantitative estimate of drug-likeness (QED) is 0.660. The van der Waals surface area contributed by atoms with E-state index in [4.69, 9.17) is 4.74 Å². The summed E-state index contributed by atoms with van der Waals surface area (Å²) in [4.78, 5) is 0. The average Bonchev–Trinajstić information content (AvgIpc) is 2.23. The number of rotatable bonds is 2. The Labute approximate surface area is 91.8 Å². The van der Waals surface area contributed by atoms with Crippen molar-refractivity contribution in [1.82, 2.24) is 0 Å². The Bertz CT molecular complexity index is 302. The van der Waals surface area contributed by atoms with Crippen molar-refractivity contribution in [2.24, 2.45) is 0 Å². The highest BCUT2D eigenvalue weighted by Gasteiger charge is 2.07. The van der Waals surface area contributed by atoms with E-state index in [0.717, 1.165) is 12.2 Å². The maximum absolute atomic E-state index is 5.90. The van der Waals surface area contributed by atoms with E-state index in [2.05, 4.69) is 12.2 Å². The molecule has 1 aromatic rings. The molecule has 80 valence electrons. The molecule has 15 heavy (non-hydrogen) atoms. The van der Waals surface area contributed by atoms with Crippen molar-refractivity contribution < 1.29 is 4.74 Å². The molecule has 1 heteroatoms. The van der Waals surface area contributed by atoms with E-state index in [1.807, 2.05) is 30.3 Å². The number of para-hydroxylation sites is 1. The molecule has 0 spiro atoms. The molecule has 1 unspecified atom stereocenters. The van der Waals surface area contributed by atoms with Crippen LogP contribution in [0.4, 0.5) is 0 Å². The summed E-state index contributed by atoms with van der Waals surface area (Å²) < 4.78 is 5.90. The first-order chi connectivity index (χ1) is 7.45. The molecule has 0 saturated heterocycles. The lowest BCUT2D eigenvalue weighted by Gasteiger charge is -2.17. The Morgan fingerprint density at radius 3 is 2.73 bits per heavy atom. The molecule has 2 rings (SSSR count). The summed E-state index contributed by atoms with van der Waals surface area (Å²) in [6.45, 7) is 0. The normalized spacial score (nSPS) is 23.9. The zero-order valence-corrected chi connectivity index (χ0v) is 9.06. The molecule has 1 aliphatic carbocycles. The van der Waals surface area contributed by atoms with Gasteiger partial charge in [0.2, 0.25) is 0 Å². The van der Waals surface area contributed by atoms with Gasteiger partial charge in [0.25, 0.3) is 0 Å². The molecule has 1 aliphatic rings. The lowest BCUT2D eigenvalue weighted by atomic mass is 10.0. The van der Waals surface area contributed by atoms with Crippen molar-refractivity contribution >= 4 is 0 Å². The van der Waals surface area contributed by atoms with Crippen molar-refractivity contribution in [1.29, 1.82) is 0 Å². The molecule has 0 amide bonds. The first-order valence-electron chi connectivity index (χ1n) is 5.83. The van der Waals surface area contributed by atoms with Gasteiger partial charge in [0.05, 0.1) is 0 Å². The number of hydrogen-bond donors (Lipinski definition) is 0. The molecule has 0 aliphatic heterocycles. The van der Waals surface area contributed by atoms with Gasteiger partial charge in [-0.25, -0.2) is 0 Å². The number of ether oxygens (including phenoxy) is 1. The number of hydrogen-bond acceptors (Lipinski definition) is 1. The summed E-state index contributed by atoms with van der Waals surface area (Å²) in [6, 6.07) is 10.1. The largest absolute Gasteiger partial charge is 0.486 e. The molecular formula is C14H18O. The molecule has 0 N–H and O–H groups in total. The maximum atomic E-state index is 5.90. The molecule has 1 atom stereocenters. The summed E-state index contributed by atoms with van der Waals surface area (Å²) in [5.41, 5.74) is 0. The van der Waals surface area contributed by atoms with Crippen LogP contribution >= 0.6 is 0 Å². The van der Waals surface area contributed by atoms with Crippen LogP contribution in [0.25, 0.3) is 0 Å². The van der Waals surface area contributed by atoms with Crippen molar-refractivity contribution in [2.75, 3.05) is 0 Å². The minimum Gasteiger partial charge on any atom is -0.486 e. The third kappa shape index (κ3) is 3.43. The highest BCUT2D eigenvalue weighted by Crippen LogP contribution is 2.18. The van der Waals surface area contributed by atoms with Gasteiger partial charge in [-0.05, 0) is 43.9 Å². The molecule has 1 nitrogen and oxygen atoms in total. The summed E-state index contributed by atoms with van der Waals surface area (Å²) in [5.74, 6) is 0.979. The van der Waals surface area contributed by atoms with Gasteiger partial charge < -0.3 is 4.74 Å². The smallest absolute Gasteiger partial charge is 0.120 e. The highest BCUT2D eigenvalue weighted by molar-refractivity contribution is 5.21. The summed E-state index contributed by atoms with van der Waals surface area (Å²) in [6.07, 6.45) is 11.0. The zero-order valence-electron chi connectivity index (χ0n) is 9.06. The summed E-state index contributed by atoms with van der Waals surface area (Å²) in [7, 11) is 0. The first kappa shape index (κ1) is 10.3. The molecule has 0 aromatic heterocycles. The second-order valence-corrected chi connectivity index (χ2v) is 4.04. The number of benzene rings is 1. The molecule has 0 saturated carbocycles. The van der Waals surface area contributed by atoms with Crippen molar-refractivity contribution in [3.05, 3.63) is 42.5 Å². The van der Waals surface area contributed by atoms with Crippen LogP contribution in [0.3, 0.4) is 0 Å². The van der Waals surface area contributed by atoms with E-state index in [-0.39, 0.29) is 6.10 Å². The predicted octanol–water partition coefficient (Wildman–Crippen LogP) is 3.95. The van der Waals surface area contributed by atoms with E-state index in [1.54, 1.807) is 0 Å². The van der Waals surface area contributed by atoms with Crippen LogP contribution in [-0.4, -0.2) is 6.10 Å². The molecule has 0 fully saturated rings. The van der Waals surface area contributed by atoms with Crippen LogP contribution in [0.15, 0.2) is 42.5 Å². The van der Waals surface area contributed by atoms with Crippen molar-refractivity contribution in [3.63, 3.8) is 0 Å². The molecule has 1 aromatic carbocycles. The fraction of sp³-hybridized carbons (Fsp3) is 0.429. The molecule has 0 bridgehead atoms. The zero-order chi connectivity index (χ0) is 10.3. The lowest BCUT2D eigenvalue weighted by Crippen LogP contribution is -2.14. The van der Waals surface area contributed by atoms with Gasteiger partial charge in [0, 0.05) is 0 Å². The SMILES string of the molecule is C1=C\C(Oc2ccccc2)CCCCC/1. The van der Waals surface area contributed by atoms with Crippen LogP contribution in [0.1, 0.15) is 32.1 Å². The van der Waals surface area contributed by atoms with Gasteiger partial charge in [-0.1, -0.05) is 30.7 Å². The van der Waals surface area contributed by atoms with Gasteiger partial charge in [0.15, 0.2) is 0 Å². The van der Waals surface area contributed by atoms with Crippen LogP contribution < -0.4 is 4.74 Å². The topological polar surface area (TPSA) is 9.23 Å². The Balaban J connectivity index is 1.95. The molecule has 0 radical (unpaired) electrons. The van der Waals surface area contributed by atoms with Crippen LogP contribution in [0.2, 0.25) is 0 Å². The molecule has 0 heterocycles. The van der Waals surface area contributed by atoms with E-state index in [0.29, 0.717) is 0 Å². The third-order valence-electron chi connectivity index (χ3n) is 2.74. The number of allylic oxidation sites excluding steroid dienone is 1. The minimum absolute atomic E-state index is 0.271. The Hall–Kier alpha value is -1.24. The fourth-order valence-corrected chi connectivity index (χ4v) is 1.90. The fourth-order valence-electron chi connectivity index (χ4n) is 1.90. The van der Waals surface area contributed by atoms with E-state index >= 15 is 0 Å². The van der Waals surface area contributed by atoms with Crippen LogP contribution in [0.5, 0.6) is 5.75 Å². The van der Waals surface area contributed by atoms with Gasteiger partial charge in [-0.2, -0.15) is 0 Å². The lowest BCUT2D eigenvalue weighted by molar-refractivity contribution is 0.231. The Morgan fingerprint density at radius 2 is 1.87 bits per heavy atom. The third-order valence-corrected chi connectivity index (χ3v) is 2.74. The molecular weight excluding hydrogens is 184 g/mol.